The van der Waals surface area contributed by atoms with Gasteiger partial charge in [0.25, 0.3) is 0 Å². The van der Waals surface area contributed by atoms with Gasteiger partial charge in [-0.1, -0.05) is 23.9 Å². The van der Waals surface area contributed by atoms with Crippen LogP contribution in [-0.2, 0) is 0 Å². The minimum absolute atomic E-state index is 0.158. The molecule has 1 aliphatic rings. The smallest absolute Gasteiger partial charge is 0.212 e. The van der Waals surface area contributed by atoms with Crippen LogP contribution in [-0.4, -0.2) is 43.7 Å². The van der Waals surface area contributed by atoms with E-state index in [2.05, 4.69) is 15.3 Å². The van der Waals surface area contributed by atoms with Gasteiger partial charge in [0.1, 0.15) is 5.75 Å². The monoisotopic (exact) mass is 354 g/mol. The van der Waals surface area contributed by atoms with E-state index in [1.54, 1.807) is 17.9 Å². The van der Waals surface area contributed by atoms with Crippen molar-refractivity contribution in [2.24, 2.45) is 5.10 Å². The molecule has 8 heteroatoms. The predicted molar refractivity (Wildman–Crippen MR) is 94.4 cm³/mol. The number of nitrogens with zero attached hydrogens (tertiary/aromatic N) is 4. The number of thioether (sulfide) groups is 1. The van der Waals surface area contributed by atoms with E-state index in [0.29, 0.717) is 16.7 Å². The molecule has 0 atom stereocenters. The highest BCUT2D eigenvalue weighted by molar-refractivity contribution is 7.99. The highest BCUT2D eigenvalue weighted by atomic mass is 32.2. The third-order valence-corrected chi connectivity index (χ3v) is 4.74. The fraction of sp³-hybridized carbons (Fsp3) is 0.118. The Hall–Kier alpha value is -3.00. The Labute approximate surface area is 147 Å². The van der Waals surface area contributed by atoms with Gasteiger partial charge < -0.3 is 14.9 Å². The molecule has 3 aromatic rings. The summed E-state index contributed by atoms with van der Waals surface area (Å²) in [5.74, 6) is 1.61. The van der Waals surface area contributed by atoms with E-state index in [4.69, 9.17) is 4.74 Å². The molecule has 0 amide bonds. The molecule has 0 fully saturated rings. The van der Waals surface area contributed by atoms with Crippen molar-refractivity contribution in [2.45, 2.75) is 5.16 Å². The second-order valence-electron chi connectivity index (χ2n) is 5.39. The molecule has 0 radical (unpaired) electrons. The van der Waals surface area contributed by atoms with E-state index < -0.39 is 0 Å². The van der Waals surface area contributed by atoms with Gasteiger partial charge in [-0.2, -0.15) is 9.78 Å². The Kier molecular flexibility index (Phi) is 3.81. The van der Waals surface area contributed by atoms with Crippen LogP contribution in [0.15, 0.2) is 52.7 Å². The lowest BCUT2D eigenvalue weighted by Gasteiger charge is -2.14. The SMILES string of the molecule is COc1cccc(-c2nnc3n2N=C(c2ccc(O)c(O)c2)CS3)c1. The maximum atomic E-state index is 9.72. The molecule has 25 heavy (non-hydrogen) atoms. The van der Waals surface area contributed by atoms with Crippen molar-refractivity contribution in [3.63, 3.8) is 0 Å². The molecule has 1 aromatic heterocycles. The zero-order chi connectivity index (χ0) is 17.4. The number of phenolic OH excluding ortho intramolecular Hbond substituents is 2. The van der Waals surface area contributed by atoms with Crippen LogP contribution < -0.4 is 4.74 Å². The lowest BCUT2D eigenvalue weighted by molar-refractivity contribution is 0.403. The number of phenols is 2. The number of rotatable bonds is 3. The van der Waals surface area contributed by atoms with Crippen LogP contribution in [0.3, 0.4) is 0 Å². The first-order chi connectivity index (χ1) is 12.2. The number of fused-ring (bicyclic) bond motifs is 1. The Morgan fingerprint density at radius 2 is 1.92 bits per heavy atom. The van der Waals surface area contributed by atoms with E-state index in [0.717, 1.165) is 22.6 Å². The average Bonchev–Trinajstić information content (AvgIpc) is 3.07. The summed E-state index contributed by atoms with van der Waals surface area (Å²) in [7, 11) is 1.61. The van der Waals surface area contributed by atoms with Crippen molar-refractivity contribution in [3.05, 3.63) is 48.0 Å². The maximum Gasteiger partial charge on any atom is 0.212 e. The molecule has 1 aliphatic heterocycles. The molecule has 7 nitrogen and oxygen atoms in total. The van der Waals surface area contributed by atoms with Crippen molar-refractivity contribution in [2.75, 3.05) is 12.9 Å². The maximum absolute atomic E-state index is 9.72. The van der Waals surface area contributed by atoms with Gasteiger partial charge in [0.05, 0.1) is 12.8 Å². The molecule has 126 valence electrons. The third kappa shape index (κ3) is 2.80. The zero-order valence-corrected chi connectivity index (χ0v) is 14.1. The summed E-state index contributed by atoms with van der Waals surface area (Å²) in [4.78, 5) is 0. The first kappa shape index (κ1) is 15.5. The van der Waals surface area contributed by atoms with E-state index in [-0.39, 0.29) is 11.5 Å². The number of benzene rings is 2. The largest absolute Gasteiger partial charge is 0.504 e. The molecule has 0 saturated heterocycles. The number of aromatic hydroxyl groups is 2. The van der Waals surface area contributed by atoms with Crippen molar-refractivity contribution in [1.29, 1.82) is 0 Å². The summed E-state index contributed by atoms with van der Waals surface area (Å²) < 4.78 is 6.94. The van der Waals surface area contributed by atoms with Gasteiger partial charge in [-0.3, -0.25) is 0 Å². The van der Waals surface area contributed by atoms with Crippen LogP contribution in [0.5, 0.6) is 17.2 Å². The van der Waals surface area contributed by atoms with Crippen LogP contribution in [0.1, 0.15) is 5.56 Å². The van der Waals surface area contributed by atoms with Crippen LogP contribution >= 0.6 is 11.8 Å². The average molecular weight is 354 g/mol. The van der Waals surface area contributed by atoms with Crippen LogP contribution in [0, 0.1) is 0 Å². The van der Waals surface area contributed by atoms with Gasteiger partial charge in [-0.15, -0.1) is 10.2 Å². The Balaban J connectivity index is 1.78. The summed E-state index contributed by atoms with van der Waals surface area (Å²) in [6, 6.07) is 12.2. The van der Waals surface area contributed by atoms with E-state index in [9.17, 15) is 10.2 Å². The number of methoxy groups -OCH3 is 1. The molecule has 4 rings (SSSR count). The molecule has 2 aromatic carbocycles. The number of aromatic nitrogens is 3. The summed E-state index contributed by atoms with van der Waals surface area (Å²) in [5, 5.41) is 33.0. The summed E-state index contributed by atoms with van der Waals surface area (Å²) in [6.07, 6.45) is 0. The van der Waals surface area contributed by atoms with Gasteiger partial charge in [-0.05, 0) is 30.3 Å². The third-order valence-electron chi connectivity index (χ3n) is 3.81. The van der Waals surface area contributed by atoms with Crippen LogP contribution in [0.4, 0.5) is 0 Å². The molecule has 2 N–H and O–H groups in total. The topological polar surface area (TPSA) is 92.8 Å². The lowest BCUT2D eigenvalue weighted by atomic mass is 10.1. The molecule has 0 bridgehead atoms. The molecule has 0 spiro atoms. The highest BCUT2D eigenvalue weighted by Gasteiger charge is 2.21. The molecule has 2 heterocycles. The minimum atomic E-state index is -0.173. The van der Waals surface area contributed by atoms with E-state index >= 15 is 0 Å². The minimum Gasteiger partial charge on any atom is -0.504 e. The second-order valence-corrected chi connectivity index (χ2v) is 6.33. The molecule has 0 saturated carbocycles. The summed E-state index contributed by atoms with van der Waals surface area (Å²) >= 11 is 1.51. The first-order valence-corrected chi connectivity index (χ1v) is 8.47. The second kappa shape index (κ2) is 6.14. The van der Waals surface area contributed by atoms with Crippen LogP contribution in [0.25, 0.3) is 11.4 Å². The quantitative estimate of drug-likeness (QED) is 0.703. The summed E-state index contributed by atoms with van der Waals surface area (Å²) in [5.41, 5.74) is 2.34. The Morgan fingerprint density at radius 1 is 1.04 bits per heavy atom. The Bertz CT molecular complexity index is 984. The van der Waals surface area contributed by atoms with Crippen molar-refractivity contribution in [1.82, 2.24) is 14.9 Å². The predicted octanol–water partition coefficient (Wildman–Crippen LogP) is 2.72. The van der Waals surface area contributed by atoms with Gasteiger partial charge in [0, 0.05) is 16.9 Å². The lowest BCUT2D eigenvalue weighted by Crippen LogP contribution is -2.13. The van der Waals surface area contributed by atoms with E-state index in [1.165, 1.54) is 23.9 Å². The standard InChI is InChI=1S/C17H14N4O3S/c1-24-12-4-2-3-11(7-12)16-18-19-17-21(16)20-13(9-25-17)10-5-6-14(22)15(23)8-10/h2-8,22-23H,9H2,1H3. The van der Waals surface area contributed by atoms with Gasteiger partial charge >= 0.3 is 0 Å². The van der Waals surface area contributed by atoms with Crippen molar-refractivity contribution >= 4 is 17.5 Å². The van der Waals surface area contributed by atoms with Gasteiger partial charge in [0.15, 0.2) is 17.3 Å². The molecular formula is C17H14N4O3S. The Morgan fingerprint density at radius 3 is 2.72 bits per heavy atom. The first-order valence-electron chi connectivity index (χ1n) is 7.48. The zero-order valence-electron chi connectivity index (χ0n) is 13.2. The van der Waals surface area contributed by atoms with E-state index in [1.807, 2.05) is 24.3 Å². The fourth-order valence-electron chi connectivity index (χ4n) is 2.51. The number of ether oxygens (including phenoxy) is 1. The van der Waals surface area contributed by atoms with Crippen molar-refractivity contribution < 1.29 is 14.9 Å². The molecule has 0 unspecified atom stereocenters. The number of hydrogen-bond acceptors (Lipinski definition) is 7. The van der Waals surface area contributed by atoms with Crippen molar-refractivity contribution in [3.8, 4) is 28.6 Å². The molecular weight excluding hydrogens is 340 g/mol. The highest BCUT2D eigenvalue weighted by Crippen LogP contribution is 2.31. The normalized spacial score (nSPS) is 13.2. The van der Waals surface area contributed by atoms with Crippen LogP contribution in [0.2, 0.25) is 0 Å². The van der Waals surface area contributed by atoms with Gasteiger partial charge in [-0.25, -0.2) is 0 Å². The summed E-state index contributed by atoms with van der Waals surface area (Å²) in [6.45, 7) is 0. The van der Waals surface area contributed by atoms with Gasteiger partial charge in [0.2, 0.25) is 5.16 Å². The number of hydrogen-bond donors (Lipinski definition) is 2. The fourth-order valence-corrected chi connectivity index (χ4v) is 3.35. The molecule has 0 aliphatic carbocycles.